The first-order valence-electron chi connectivity index (χ1n) is 9.48. The molecular formula is C23H21FN2O5S. The third-order valence-corrected chi connectivity index (χ3v) is 5.22. The van der Waals surface area contributed by atoms with Crippen LogP contribution in [0.3, 0.4) is 0 Å². The molecule has 9 heteroatoms. The molecule has 0 saturated carbocycles. The highest BCUT2D eigenvalue weighted by Crippen LogP contribution is 2.41. The summed E-state index contributed by atoms with van der Waals surface area (Å²) in [7, 11) is 1.88. The predicted octanol–water partition coefficient (Wildman–Crippen LogP) is 4.35. The Morgan fingerprint density at radius 1 is 1.16 bits per heavy atom. The third-order valence-electron chi connectivity index (χ3n) is 4.18. The smallest absolute Gasteiger partial charge is 0.328 e. The number of hydrogen-bond donors (Lipinski definition) is 3. The van der Waals surface area contributed by atoms with Gasteiger partial charge in [-0.1, -0.05) is 36.4 Å². The summed E-state index contributed by atoms with van der Waals surface area (Å²) in [5, 5.41) is 28.5. The highest BCUT2D eigenvalue weighted by molar-refractivity contribution is 7.20. The van der Waals surface area contributed by atoms with Gasteiger partial charge in [0.1, 0.15) is 22.9 Å². The lowest BCUT2D eigenvalue weighted by Gasteiger charge is -2.19. The second-order valence-corrected chi connectivity index (χ2v) is 7.46. The van der Waals surface area contributed by atoms with E-state index in [0.29, 0.717) is 28.2 Å². The molecule has 1 heterocycles. The lowest BCUT2D eigenvalue weighted by Crippen LogP contribution is -2.16. The zero-order valence-electron chi connectivity index (χ0n) is 17.1. The van der Waals surface area contributed by atoms with Gasteiger partial charge in [0.2, 0.25) is 0 Å². The van der Waals surface area contributed by atoms with E-state index in [1.807, 2.05) is 43.4 Å². The molecule has 0 bridgehead atoms. The number of fused-ring (bicyclic) bond motifs is 1. The Kier molecular flexibility index (Phi) is 9.35. The van der Waals surface area contributed by atoms with E-state index in [4.69, 9.17) is 14.9 Å². The molecule has 2 aromatic carbocycles. The molecule has 0 spiro atoms. The summed E-state index contributed by atoms with van der Waals surface area (Å²) in [5.74, 6) is -2.53. The van der Waals surface area contributed by atoms with Crippen LogP contribution in [0.25, 0.3) is 10.1 Å². The highest BCUT2D eigenvalue weighted by Gasteiger charge is 2.21. The Bertz CT molecular complexity index is 1120. The van der Waals surface area contributed by atoms with Crippen molar-refractivity contribution < 1.29 is 28.9 Å². The van der Waals surface area contributed by atoms with Crippen LogP contribution in [-0.4, -0.2) is 35.7 Å². The minimum atomic E-state index is -1.26. The van der Waals surface area contributed by atoms with E-state index < -0.39 is 11.9 Å². The van der Waals surface area contributed by atoms with Crippen LogP contribution in [0, 0.1) is 17.1 Å². The zero-order valence-corrected chi connectivity index (χ0v) is 17.9. The van der Waals surface area contributed by atoms with Crippen molar-refractivity contribution in [2.45, 2.75) is 12.5 Å². The lowest BCUT2D eigenvalue weighted by atomic mass is 10.1. The minimum absolute atomic E-state index is 0.247. The van der Waals surface area contributed by atoms with Crippen LogP contribution >= 0.6 is 11.3 Å². The molecule has 1 aromatic heterocycles. The fourth-order valence-electron chi connectivity index (χ4n) is 2.79. The van der Waals surface area contributed by atoms with E-state index in [0.717, 1.165) is 23.2 Å². The van der Waals surface area contributed by atoms with Gasteiger partial charge in [0.05, 0.1) is 5.39 Å². The molecule has 1 atom stereocenters. The number of rotatable bonds is 8. The Labute approximate surface area is 188 Å². The van der Waals surface area contributed by atoms with Crippen molar-refractivity contribution in [2.24, 2.45) is 0 Å². The number of nitrogens with one attached hydrogen (secondary N) is 1. The van der Waals surface area contributed by atoms with E-state index in [2.05, 4.69) is 11.4 Å². The number of nitriles is 1. The number of carboxylic acid groups (broad SMARTS) is 2. The van der Waals surface area contributed by atoms with Crippen molar-refractivity contribution in [1.82, 2.24) is 5.32 Å². The van der Waals surface area contributed by atoms with Gasteiger partial charge in [0.25, 0.3) is 0 Å². The molecule has 0 unspecified atom stereocenters. The standard InChI is InChI=1S/C19H17FN2OS.C4H4O4/c1-22-11-10-15(13-6-3-2-4-7-13)23-19-17(12-21)24-16-9-5-8-14(20)18(16)19;5-3(6)1-2-4(7)8/h2-9,15,22H,10-11H2,1H3;1-2H,(H,5,6)(H,7,8)/b;2-1+/t15-;/m1./s1. The summed E-state index contributed by atoms with van der Waals surface area (Å²) in [4.78, 5) is 19.5. The molecular weight excluding hydrogens is 435 g/mol. The van der Waals surface area contributed by atoms with Crippen LogP contribution in [0.4, 0.5) is 4.39 Å². The van der Waals surface area contributed by atoms with E-state index in [1.54, 1.807) is 6.07 Å². The van der Waals surface area contributed by atoms with Crippen LogP contribution < -0.4 is 10.1 Å². The number of nitrogens with zero attached hydrogens (tertiary/aromatic N) is 1. The summed E-state index contributed by atoms with van der Waals surface area (Å²) < 4.78 is 21.2. The molecule has 32 heavy (non-hydrogen) atoms. The van der Waals surface area contributed by atoms with Gasteiger partial charge in [-0.25, -0.2) is 14.0 Å². The van der Waals surface area contributed by atoms with E-state index in [9.17, 15) is 19.2 Å². The topological polar surface area (TPSA) is 120 Å². The molecule has 0 radical (unpaired) electrons. The van der Waals surface area contributed by atoms with Crippen molar-refractivity contribution in [3.63, 3.8) is 0 Å². The Hall–Kier alpha value is -3.74. The molecule has 0 aliphatic rings. The number of thiophene rings is 1. The third kappa shape index (κ3) is 6.91. The van der Waals surface area contributed by atoms with Gasteiger partial charge in [-0.2, -0.15) is 5.26 Å². The first kappa shape index (κ1) is 24.5. The van der Waals surface area contributed by atoms with Crippen LogP contribution in [0.5, 0.6) is 5.75 Å². The molecule has 0 saturated heterocycles. The van der Waals surface area contributed by atoms with Crippen molar-refractivity contribution in [2.75, 3.05) is 13.6 Å². The molecule has 0 aliphatic carbocycles. The summed E-state index contributed by atoms with van der Waals surface area (Å²) in [5.41, 5.74) is 1.01. The quantitative estimate of drug-likeness (QED) is 0.431. The van der Waals surface area contributed by atoms with Crippen molar-refractivity contribution >= 4 is 33.4 Å². The Balaban J connectivity index is 0.000000390. The van der Waals surface area contributed by atoms with E-state index in [-0.39, 0.29) is 11.9 Å². The molecule has 0 amide bonds. The number of halogens is 1. The van der Waals surface area contributed by atoms with Crippen molar-refractivity contribution in [3.8, 4) is 11.8 Å². The largest absolute Gasteiger partial charge is 0.483 e. The van der Waals surface area contributed by atoms with E-state index in [1.165, 1.54) is 17.4 Å². The van der Waals surface area contributed by atoms with Crippen LogP contribution in [0.2, 0.25) is 0 Å². The molecule has 3 rings (SSSR count). The normalized spacial score (nSPS) is 11.4. The van der Waals surface area contributed by atoms with Gasteiger partial charge in [0.15, 0.2) is 5.75 Å². The molecule has 166 valence electrons. The molecule has 3 N–H and O–H groups in total. The lowest BCUT2D eigenvalue weighted by molar-refractivity contribution is -0.134. The van der Waals surface area contributed by atoms with Crippen LogP contribution in [0.15, 0.2) is 60.7 Å². The molecule has 0 fully saturated rings. The second-order valence-electron chi connectivity index (χ2n) is 6.40. The number of aliphatic carboxylic acids is 2. The van der Waals surface area contributed by atoms with Gasteiger partial charge >= 0.3 is 11.9 Å². The fourth-order valence-corrected chi connectivity index (χ4v) is 3.73. The Morgan fingerprint density at radius 3 is 2.38 bits per heavy atom. The summed E-state index contributed by atoms with van der Waals surface area (Å²) in [6.45, 7) is 0.756. The first-order chi connectivity index (χ1) is 15.4. The zero-order chi connectivity index (χ0) is 23.5. The van der Waals surface area contributed by atoms with Gasteiger partial charge < -0.3 is 20.3 Å². The number of carboxylic acids is 2. The highest BCUT2D eigenvalue weighted by atomic mass is 32.1. The summed E-state index contributed by atoms with van der Waals surface area (Å²) in [6.07, 6.45) is 1.59. The maximum absolute atomic E-state index is 14.3. The molecule has 3 aromatic rings. The van der Waals surface area contributed by atoms with Gasteiger partial charge in [-0.05, 0) is 31.3 Å². The fraction of sp³-hybridized carbons (Fsp3) is 0.174. The number of ether oxygens (including phenoxy) is 1. The van der Waals surface area contributed by atoms with Crippen molar-refractivity contribution in [3.05, 3.63) is 76.9 Å². The van der Waals surface area contributed by atoms with E-state index >= 15 is 0 Å². The number of hydrogen-bond acceptors (Lipinski definition) is 6. The minimum Gasteiger partial charge on any atom is -0.483 e. The molecule has 0 aliphatic heterocycles. The average Bonchev–Trinajstić information content (AvgIpc) is 3.15. The monoisotopic (exact) mass is 456 g/mol. The predicted molar refractivity (Wildman–Crippen MR) is 119 cm³/mol. The SMILES string of the molecule is CNCC[C@@H](Oc1c(C#N)sc2cccc(F)c12)c1ccccc1.O=C(O)/C=C/C(=O)O. The molecule has 7 nitrogen and oxygen atoms in total. The van der Waals surface area contributed by atoms with Gasteiger partial charge in [-0.15, -0.1) is 11.3 Å². The maximum atomic E-state index is 14.3. The summed E-state index contributed by atoms with van der Waals surface area (Å²) >= 11 is 1.26. The Morgan fingerprint density at radius 2 is 1.81 bits per heavy atom. The second kappa shape index (κ2) is 12.2. The van der Waals surface area contributed by atoms with Crippen molar-refractivity contribution in [1.29, 1.82) is 5.26 Å². The van der Waals surface area contributed by atoms with Crippen LogP contribution in [0.1, 0.15) is 23.0 Å². The maximum Gasteiger partial charge on any atom is 0.328 e. The number of benzene rings is 2. The van der Waals surface area contributed by atoms with Crippen LogP contribution in [-0.2, 0) is 9.59 Å². The number of carbonyl (C=O) groups is 2. The average molecular weight is 456 g/mol. The summed E-state index contributed by atoms with van der Waals surface area (Å²) in [6, 6.07) is 16.8. The van der Waals surface area contributed by atoms with Gasteiger partial charge in [0, 0.05) is 23.3 Å². The first-order valence-corrected chi connectivity index (χ1v) is 10.3. The van der Waals surface area contributed by atoms with Gasteiger partial charge in [-0.3, -0.25) is 0 Å².